The first-order chi connectivity index (χ1) is 9.12. The van der Waals surface area contributed by atoms with Gasteiger partial charge in [-0.15, -0.1) is 0 Å². The van der Waals surface area contributed by atoms with Crippen LogP contribution in [0.3, 0.4) is 0 Å². The van der Waals surface area contributed by atoms with Crippen LogP contribution in [0.25, 0.3) is 6.08 Å². The van der Waals surface area contributed by atoms with Crippen molar-refractivity contribution in [1.82, 2.24) is 0 Å². The van der Waals surface area contributed by atoms with Gasteiger partial charge >= 0.3 is 0 Å². The van der Waals surface area contributed by atoms with Crippen LogP contribution in [0, 0.1) is 12.8 Å². The molecule has 1 atom stereocenters. The Hall–Kier alpha value is -1.44. The second-order valence-electron chi connectivity index (χ2n) is 5.06. The van der Waals surface area contributed by atoms with Crippen LogP contribution in [-0.4, -0.2) is 13.7 Å². The maximum absolute atomic E-state index is 5.98. The molecule has 0 aromatic heterocycles. The Morgan fingerprint density at radius 3 is 2.58 bits per heavy atom. The van der Waals surface area contributed by atoms with E-state index in [4.69, 9.17) is 9.47 Å². The van der Waals surface area contributed by atoms with E-state index in [1.807, 2.05) is 26.0 Å². The van der Waals surface area contributed by atoms with Gasteiger partial charge in [-0.05, 0) is 43.9 Å². The molecular weight excluding hydrogens is 236 g/mol. The molecule has 0 aliphatic rings. The van der Waals surface area contributed by atoms with Crippen molar-refractivity contribution >= 4 is 6.08 Å². The molecule has 19 heavy (non-hydrogen) atoms. The molecule has 0 amide bonds. The number of allylic oxidation sites excluding steroid dienone is 1. The molecule has 1 unspecified atom stereocenters. The summed E-state index contributed by atoms with van der Waals surface area (Å²) in [6, 6.07) is 4.10. The summed E-state index contributed by atoms with van der Waals surface area (Å²) in [7, 11) is 1.70. The number of methoxy groups -OCH3 is 1. The Morgan fingerprint density at radius 2 is 2.00 bits per heavy atom. The Morgan fingerprint density at radius 1 is 1.26 bits per heavy atom. The molecule has 0 bridgehead atoms. The van der Waals surface area contributed by atoms with Crippen LogP contribution in [-0.2, 0) is 0 Å². The quantitative estimate of drug-likeness (QED) is 0.699. The van der Waals surface area contributed by atoms with Crippen molar-refractivity contribution in [3.8, 4) is 11.5 Å². The molecule has 0 saturated heterocycles. The van der Waals surface area contributed by atoms with Crippen LogP contribution in [0.2, 0.25) is 0 Å². The highest BCUT2D eigenvalue weighted by Gasteiger charge is 2.09. The van der Waals surface area contributed by atoms with E-state index in [2.05, 4.69) is 26.0 Å². The van der Waals surface area contributed by atoms with Gasteiger partial charge in [0.15, 0.2) is 0 Å². The first-order valence-electron chi connectivity index (χ1n) is 7.06. The van der Waals surface area contributed by atoms with Gasteiger partial charge in [-0.3, -0.25) is 0 Å². The average molecular weight is 262 g/mol. The third kappa shape index (κ3) is 4.62. The molecule has 0 spiro atoms. The lowest BCUT2D eigenvalue weighted by atomic mass is 10.1. The summed E-state index contributed by atoms with van der Waals surface area (Å²) in [5.41, 5.74) is 2.18. The highest BCUT2D eigenvalue weighted by molar-refractivity contribution is 5.61. The number of ether oxygens (including phenoxy) is 2. The number of aryl methyl sites for hydroxylation is 1. The van der Waals surface area contributed by atoms with E-state index in [1.165, 1.54) is 12.8 Å². The summed E-state index contributed by atoms with van der Waals surface area (Å²) in [4.78, 5) is 0. The number of rotatable bonds is 7. The molecule has 1 rings (SSSR count). The lowest BCUT2D eigenvalue weighted by Gasteiger charge is -2.16. The third-order valence-electron chi connectivity index (χ3n) is 3.18. The van der Waals surface area contributed by atoms with Gasteiger partial charge in [0.05, 0.1) is 13.7 Å². The maximum atomic E-state index is 5.98. The minimum Gasteiger partial charge on any atom is -0.496 e. The highest BCUT2D eigenvalue weighted by atomic mass is 16.5. The summed E-state index contributed by atoms with van der Waals surface area (Å²) in [6.45, 7) is 9.26. The largest absolute Gasteiger partial charge is 0.496 e. The molecule has 1 aromatic carbocycles. The van der Waals surface area contributed by atoms with E-state index in [0.29, 0.717) is 5.92 Å². The first-order valence-corrected chi connectivity index (χ1v) is 7.06. The molecule has 0 aliphatic carbocycles. The van der Waals surface area contributed by atoms with Crippen LogP contribution in [0.4, 0.5) is 0 Å². The van der Waals surface area contributed by atoms with E-state index < -0.39 is 0 Å². The molecule has 0 fully saturated rings. The number of hydrogen-bond donors (Lipinski definition) is 0. The molecule has 0 heterocycles. The number of benzene rings is 1. The first kappa shape index (κ1) is 15.6. The van der Waals surface area contributed by atoms with Crippen molar-refractivity contribution < 1.29 is 9.47 Å². The molecule has 2 heteroatoms. The third-order valence-corrected chi connectivity index (χ3v) is 3.18. The van der Waals surface area contributed by atoms with Crippen LogP contribution in [0.5, 0.6) is 11.5 Å². The molecule has 0 aliphatic heterocycles. The Labute approximate surface area is 117 Å². The fourth-order valence-electron chi connectivity index (χ4n) is 2.14. The summed E-state index contributed by atoms with van der Waals surface area (Å²) in [5, 5.41) is 0. The molecule has 106 valence electrons. The highest BCUT2D eigenvalue weighted by Crippen LogP contribution is 2.30. The van der Waals surface area contributed by atoms with Crippen molar-refractivity contribution in [1.29, 1.82) is 0 Å². The van der Waals surface area contributed by atoms with E-state index in [0.717, 1.165) is 29.2 Å². The van der Waals surface area contributed by atoms with E-state index in [-0.39, 0.29) is 0 Å². The van der Waals surface area contributed by atoms with Crippen molar-refractivity contribution in [2.75, 3.05) is 13.7 Å². The topological polar surface area (TPSA) is 18.5 Å². The van der Waals surface area contributed by atoms with Crippen LogP contribution >= 0.6 is 0 Å². The SMILES string of the molecule is C/C=C/c1cc(OC)c(C)cc1OCC(C)CCC. The van der Waals surface area contributed by atoms with Gasteiger partial charge in [0.25, 0.3) is 0 Å². The van der Waals surface area contributed by atoms with Gasteiger partial charge < -0.3 is 9.47 Å². The van der Waals surface area contributed by atoms with Crippen molar-refractivity contribution in [2.45, 2.75) is 40.5 Å². The summed E-state index contributed by atoms with van der Waals surface area (Å²) < 4.78 is 11.3. The Balaban J connectivity index is 2.89. The van der Waals surface area contributed by atoms with Gasteiger partial charge in [-0.1, -0.05) is 32.4 Å². The molecule has 0 radical (unpaired) electrons. The standard InChI is InChI=1S/C17H26O2/c1-6-8-13(3)12-19-17-10-14(4)16(18-5)11-15(17)9-7-2/h7,9-11,13H,6,8,12H2,1-5H3/b9-7+. The maximum Gasteiger partial charge on any atom is 0.127 e. The van der Waals surface area contributed by atoms with Gasteiger partial charge in [0.1, 0.15) is 11.5 Å². The van der Waals surface area contributed by atoms with Crippen molar-refractivity contribution in [3.63, 3.8) is 0 Å². The normalized spacial score (nSPS) is 12.7. The smallest absolute Gasteiger partial charge is 0.127 e. The minimum atomic E-state index is 0.589. The van der Waals surface area contributed by atoms with Gasteiger partial charge in [-0.2, -0.15) is 0 Å². The van der Waals surface area contributed by atoms with Crippen molar-refractivity contribution in [2.24, 2.45) is 5.92 Å². The second-order valence-corrected chi connectivity index (χ2v) is 5.06. The zero-order chi connectivity index (χ0) is 14.3. The lowest BCUT2D eigenvalue weighted by molar-refractivity contribution is 0.250. The fourth-order valence-corrected chi connectivity index (χ4v) is 2.14. The molecular formula is C17H26O2. The average Bonchev–Trinajstić information content (AvgIpc) is 2.39. The van der Waals surface area contributed by atoms with Crippen molar-refractivity contribution in [3.05, 3.63) is 29.3 Å². The Kier molecular flexibility index (Phi) is 6.48. The zero-order valence-electron chi connectivity index (χ0n) is 12.8. The van der Waals surface area contributed by atoms with E-state index >= 15 is 0 Å². The van der Waals surface area contributed by atoms with Crippen LogP contribution < -0.4 is 9.47 Å². The predicted octanol–water partition coefficient (Wildman–Crippen LogP) is 4.85. The summed E-state index contributed by atoms with van der Waals surface area (Å²) in [5.74, 6) is 2.44. The zero-order valence-corrected chi connectivity index (χ0v) is 12.8. The molecule has 0 saturated carbocycles. The molecule has 0 N–H and O–H groups in total. The minimum absolute atomic E-state index is 0.589. The monoisotopic (exact) mass is 262 g/mol. The van der Waals surface area contributed by atoms with E-state index in [9.17, 15) is 0 Å². The Bertz CT molecular complexity index is 422. The van der Waals surface area contributed by atoms with E-state index in [1.54, 1.807) is 7.11 Å². The van der Waals surface area contributed by atoms with Gasteiger partial charge in [-0.25, -0.2) is 0 Å². The fraction of sp³-hybridized carbons (Fsp3) is 0.529. The van der Waals surface area contributed by atoms with Gasteiger partial charge in [0, 0.05) is 5.56 Å². The molecule has 1 aromatic rings. The second kappa shape index (κ2) is 7.88. The number of hydrogen-bond acceptors (Lipinski definition) is 2. The summed E-state index contributed by atoms with van der Waals surface area (Å²) in [6.07, 6.45) is 6.48. The van der Waals surface area contributed by atoms with Gasteiger partial charge in [0.2, 0.25) is 0 Å². The van der Waals surface area contributed by atoms with Crippen LogP contribution in [0.15, 0.2) is 18.2 Å². The lowest BCUT2D eigenvalue weighted by Crippen LogP contribution is -2.09. The van der Waals surface area contributed by atoms with Crippen LogP contribution in [0.1, 0.15) is 44.7 Å². The molecule has 2 nitrogen and oxygen atoms in total. The summed E-state index contributed by atoms with van der Waals surface area (Å²) >= 11 is 0. The predicted molar refractivity (Wildman–Crippen MR) is 82.0 cm³/mol.